The summed E-state index contributed by atoms with van der Waals surface area (Å²) < 4.78 is 12.4. The van der Waals surface area contributed by atoms with Crippen LogP contribution in [0.5, 0.6) is 0 Å². The first kappa shape index (κ1) is 20.8. The summed E-state index contributed by atoms with van der Waals surface area (Å²) in [6.07, 6.45) is -0.0193. The van der Waals surface area contributed by atoms with Crippen LogP contribution in [0.15, 0.2) is 18.6 Å². The van der Waals surface area contributed by atoms with Crippen molar-refractivity contribution in [3.8, 4) is 0 Å². The van der Waals surface area contributed by atoms with Crippen LogP contribution in [0.2, 0.25) is 0 Å². The molecule has 2 aromatic rings. The molecule has 6 N–H and O–H groups in total. The van der Waals surface area contributed by atoms with Crippen molar-refractivity contribution >= 4 is 34.6 Å². The Bertz CT molecular complexity index is 818. The van der Waals surface area contributed by atoms with Gasteiger partial charge in [-0.25, -0.2) is 9.97 Å². The molecule has 1 saturated heterocycles. The van der Waals surface area contributed by atoms with Crippen molar-refractivity contribution < 1.29 is 24.5 Å². The number of fused-ring (bicyclic) bond motifs is 1. The minimum atomic E-state index is -1.11. The number of aromatic nitrogens is 3. The highest BCUT2D eigenvalue weighted by Crippen LogP contribution is 2.34. The number of nitrogen functional groups attached to an aromatic ring is 1. The summed E-state index contributed by atoms with van der Waals surface area (Å²) >= 11 is 1.49. The minimum Gasteiger partial charge on any atom is -0.465 e. The third-order valence-electron chi connectivity index (χ3n) is 4.60. The lowest BCUT2D eigenvalue weighted by Crippen LogP contribution is -2.34. The van der Waals surface area contributed by atoms with E-state index in [-0.39, 0.29) is 0 Å². The van der Waals surface area contributed by atoms with Gasteiger partial charge in [0.1, 0.15) is 36.0 Å². The Labute approximate surface area is 166 Å². The molecule has 0 bridgehead atoms. The monoisotopic (exact) mass is 411 g/mol. The predicted octanol–water partition coefficient (Wildman–Crippen LogP) is -0.354. The number of ether oxygens (including phenoxy) is 2. The van der Waals surface area contributed by atoms with Crippen LogP contribution in [0.4, 0.5) is 5.82 Å². The summed E-state index contributed by atoms with van der Waals surface area (Å²) in [4.78, 5) is 19.6. The number of nitrogens with two attached hydrogens (primary N) is 2. The van der Waals surface area contributed by atoms with E-state index in [1.54, 1.807) is 23.8 Å². The second-order valence-electron chi connectivity index (χ2n) is 6.49. The quantitative estimate of drug-likeness (QED) is 0.334. The van der Waals surface area contributed by atoms with Gasteiger partial charge in [-0.15, -0.1) is 0 Å². The maximum absolute atomic E-state index is 11.5. The van der Waals surface area contributed by atoms with Crippen molar-refractivity contribution in [2.75, 3.05) is 23.8 Å². The first-order valence-electron chi connectivity index (χ1n) is 9.02. The van der Waals surface area contributed by atoms with Crippen LogP contribution in [-0.2, 0) is 14.3 Å². The number of aliphatic hydroxyl groups is 2. The molecule has 0 radical (unpaired) electrons. The van der Waals surface area contributed by atoms with E-state index < -0.39 is 36.6 Å². The van der Waals surface area contributed by atoms with E-state index in [1.807, 2.05) is 0 Å². The smallest absolute Gasteiger partial charge is 0.322 e. The number of aliphatic hydroxyl groups excluding tert-OH is 2. The number of esters is 1. The van der Waals surface area contributed by atoms with Crippen LogP contribution in [0.3, 0.4) is 0 Å². The minimum absolute atomic E-state index is 0.297. The average molecular weight is 411 g/mol. The van der Waals surface area contributed by atoms with Crippen LogP contribution in [0.25, 0.3) is 11.0 Å². The van der Waals surface area contributed by atoms with E-state index in [0.717, 1.165) is 0 Å². The number of hydrogen-bond donors (Lipinski definition) is 4. The third-order valence-corrected chi connectivity index (χ3v) is 5.68. The predicted molar refractivity (Wildman–Crippen MR) is 104 cm³/mol. The second-order valence-corrected chi connectivity index (χ2v) is 7.64. The highest BCUT2D eigenvalue weighted by molar-refractivity contribution is 7.99. The van der Waals surface area contributed by atoms with Gasteiger partial charge in [0.25, 0.3) is 0 Å². The van der Waals surface area contributed by atoms with Crippen LogP contribution in [-0.4, -0.2) is 73.2 Å². The van der Waals surface area contributed by atoms with Gasteiger partial charge in [0, 0.05) is 11.9 Å². The lowest BCUT2D eigenvalue weighted by molar-refractivity contribution is -0.144. The molecular formula is C17H25N5O5S. The number of anilines is 1. The molecule has 3 heterocycles. The summed E-state index contributed by atoms with van der Waals surface area (Å²) in [6, 6.07) is 1.07. The fraction of sp³-hybridized carbons (Fsp3) is 0.588. The first-order valence-corrected chi connectivity index (χ1v) is 10.2. The van der Waals surface area contributed by atoms with E-state index in [4.69, 9.17) is 20.9 Å². The summed E-state index contributed by atoms with van der Waals surface area (Å²) in [5, 5.41) is 21.5. The van der Waals surface area contributed by atoms with E-state index in [9.17, 15) is 15.0 Å². The van der Waals surface area contributed by atoms with E-state index in [2.05, 4.69) is 9.97 Å². The molecule has 11 heteroatoms. The van der Waals surface area contributed by atoms with Gasteiger partial charge in [-0.3, -0.25) is 4.79 Å². The second kappa shape index (κ2) is 9.05. The normalized spacial score (nSPS) is 25.9. The Balaban J connectivity index is 1.57. The van der Waals surface area contributed by atoms with Crippen molar-refractivity contribution in [3.63, 3.8) is 0 Å². The molecule has 2 aromatic heterocycles. The number of carbonyl (C=O) groups is 1. The van der Waals surface area contributed by atoms with Gasteiger partial charge in [-0.1, -0.05) is 0 Å². The van der Waals surface area contributed by atoms with Gasteiger partial charge in [-0.05, 0) is 25.2 Å². The van der Waals surface area contributed by atoms with Gasteiger partial charge in [-0.2, -0.15) is 11.8 Å². The maximum Gasteiger partial charge on any atom is 0.322 e. The number of hydrogen-bond acceptors (Lipinski definition) is 10. The molecule has 0 saturated carbocycles. The molecule has 5 atom stereocenters. The molecule has 0 aliphatic carbocycles. The van der Waals surface area contributed by atoms with Gasteiger partial charge in [0.2, 0.25) is 0 Å². The Morgan fingerprint density at radius 3 is 2.96 bits per heavy atom. The van der Waals surface area contributed by atoms with Crippen LogP contribution in [0, 0.1) is 0 Å². The van der Waals surface area contributed by atoms with Crippen LogP contribution < -0.4 is 11.5 Å². The van der Waals surface area contributed by atoms with Crippen LogP contribution in [0.1, 0.15) is 19.6 Å². The molecule has 154 valence electrons. The SMILES string of the molecule is CCOC(=O)[C@@H](N)CCSC[C@H]1O[C@@H](n2ccc3c(N)ncnc32)[C@H](O)[C@@H]1O. The Morgan fingerprint density at radius 1 is 1.43 bits per heavy atom. The Kier molecular flexibility index (Phi) is 6.73. The van der Waals surface area contributed by atoms with Gasteiger partial charge < -0.3 is 35.7 Å². The highest BCUT2D eigenvalue weighted by Gasteiger charge is 2.43. The summed E-state index contributed by atoms with van der Waals surface area (Å²) in [5.74, 6) is 0.961. The lowest BCUT2D eigenvalue weighted by atomic mass is 10.1. The molecule has 1 aliphatic rings. The van der Waals surface area contributed by atoms with E-state index in [0.29, 0.717) is 41.4 Å². The largest absolute Gasteiger partial charge is 0.465 e. The fourth-order valence-electron chi connectivity index (χ4n) is 3.07. The average Bonchev–Trinajstić information content (AvgIpc) is 3.22. The van der Waals surface area contributed by atoms with Crippen LogP contribution >= 0.6 is 11.8 Å². The van der Waals surface area contributed by atoms with Gasteiger partial charge >= 0.3 is 5.97 Å². The molecule has 28 heavy (non-hydrogen) atoms. The van der Waals surface area contributed by atoms with E-state index >= 15 is 0 Å². The molecule has 0 unspecified atom stereocenters. The van der Waals surface area contributed by atoms with Crippen molar-refractivity contribution in [2.24, 2.45) is 5.73 Å². The Morgan fingerprint density at radius 2 is 2.21 bits per heavy atom. The molecule has 1 fully saturated rings. The third kappa shape index (κ3) is 4.23. The molecule has 0 spiro atoms. The summed E-state index contributed by atoms with van der Waals surface area (Å²) in [7, 11) is 0. The standard InChI is InChI=1S/C17H25N5O5S/c1-2-26-17(25)10(18)4-6-28-7-11-12(23)13(24)16(27-11)22-5-3-9-14(19)20-8-21-15(9)22/h3,5,8,10-13,16,23-24H,2,4,6-7,18H2,1H3,(H2,19,20,21)/t10-,11+,12+,13+,16+/m0/s1. The number of nitrogens with zero attached hydrogens (tertiary/aromatic N) is 3. The topological polar surface area (TPSA) is 159 Å². The molecule has 0 aromatic carbocycles. The molecular weight excluding hydrogens is 386 g/mol. The van der Waals surface area contributed by atoms with Crippen molar-refractivity contribution in [2.45, 2.75) is 43.9 Å². The maximum atomic E-state index is 11.5. The fourth-order valence-corrected chi connectivity index (χ4v) is 4.16. The summed E-state index contributed by atoms with van der Waals surface area (Å²) in [5.41, 5.74) is 12.1. The number of rotatable bonds is 8. The number of thioether (sulfide) groups is 1. The first-order chi connectivity index (χ1) is 13.4. The Hall–Kier alpha value is -1.92. The van der Waals surface area contributed by atoms with Gasteiger partial charge in [0.05, 0.1) is 18.1 Å². The zero-order valence-electron chi connectivity index (χ0n) is 15.5. The molecule has 3 rings (SSSR count). The van der Waals surface area contributed by atoms with Crippen molar-refractivity contribution in [1.82, 2.24) is 14.5 Å². The number of carbonyl (C=O) groups excluding carboxylic acids is 1. The zero-order valence-corrected chi connectivity index (χ0v) is 16.3. The molecule has 1 aliphatic heterocycles. The zero-order chi connectivity index (χ0) is 20.3. The summed E-state index contributed by atoms with van der Waals surface area (Å²) in [6.45, 7) is 2.03. The van der Waals surface area contributed by atoms with Crippen molar-refractivity contribution in [3.05, 3.63) is 18.6 Å². The van der Waals surface area contributed by atoms with E-state index in [1.165, 1.54) is 18.1 Å². The highest BCUT2D eigenvalue weighted by atomic mass is 32.2. The van der Waals surface area contributed by atoms with Gasteiger partial charge in [0.15, 0.2) is 6.23 Å². The molecule has 0 amide bonds. The molecule has 10 nitrogen and oxygen atoms in total. The van der Waals surface area contributed by atoms with Crippen molar-refractivity contribution in [1.29, 1.82) is 0 Å². The lowest BCUT2D eigenvalue weighted by Gasteiger charge is -2.17.